The monoisotopic (exact) mass is 311 g/mol. The predicted molar refractivity (Wildman–Crippen MR) is 85.9 cm³/mol. The summed E-state index contributed by atoms with van der Waals surface area (Å²) in [7, 11) is 0. The molecule has 6 heteroatoms. The second-order valence-corrected chi connectivity index (χ2v) is 5.79. The summed E-state index contributed by atoms with van der Waals surface area (Å²) in [6.07, 6.45) is 7.06. The molecule has 3 rings (SSSR count). The van der Waals surface area contributed by atoms with E-state index in [1.165, 1.54) is 19.3 Å². The highest BCUT2D eigenvalue weighted by Crippen LogP contribution is 2.18. The molecule has 1 aliphatic rings. The van der Waals surface area contributed by atoms with Crippen LogP contribution < -0.4 is 4.74 Å². The molecule has 2 aromatic rings. The van der Waals surface area contributed by atoms with E-state index in [4.69, 9.17) is 10.00 Å². The largest absolute Gasteiger partial charge is 0.492 e. The molecule has 0 N–H and O–H groups in total. The molecule has 1 aliphatic heterocycles. The SMILES string of the molecule is N#Cc1ccc(OCCN2CCCC[C@H]2Cn2cncn2)cc1. The highest BCUT2D eigenvalue weighted by Gasteiger charge is 2.22. The lowest BCUT2D eigenvalue weighted by molar-refractivity contribution is 0.109. The first-order valence-corrected chi connectivity index (χ1v) is 8.04. The Morgan fingerprint density at radius 3 is 2.87 bits per heavy atom. The topological polar surface area (TPSA) is 67.0 Å². The molecule has 1 aromatic heterocycles. The Labute approximate surface area is 136 Å². The second kappa shape index (κ2) is 7.75. The number of hydrogen-bond donors (Lipinski definition) is 0. The van der Waals surface area contributed by atoms with Crippen LogP contribution in [-0.4, -0.2) is 45.4 Å². The number of benzene rings is 1. The van der Waals surface area contributed by atoms with Crippen molar-refractivity contribution in [2.75, 3.05) is 19.7 Å². The summed E-state index contributed by atoms with van der Waals surface area (Å²) in [5, 5.41) is 13.0. The van der Waals surface area contributed by atoms with Gasteiger partial charge in [0, 0.05) is 12.6 Å². The lowest BCUT2D eigenvalue weighted by atomic mass is 10.0. The van der Waals surface area contributed by atoms with Crippen molar-refractivity contribution >= 4 is 0 Å². The van der Waals surface area contributed by atoms with E-state index in [0.717, 1.165) is 25.4 Å². The fourth-order valence-electron chi connectivity index (χ4n) is 3.01. The Hall–Kier alpha value is -2.39. The van der Waals surface area contributed by atoms with Crippen LogP contribution in [0.25, 0.3) is 0 Å². The molecule has 120 valence electrons. The molecule has 2 heterocycles. The van der Waals surface area contributed by atoms with Gasteiger partial charge >= 0.3 is 0 Å². The van der Waals surface area contributed by atoms with E-state index < -0.39 is 0 Å². The Morgan fingerprint density at radius 1 is 1.26 bits per heavy atom. The number of rotatable bonds is 6. The Morgan fingerprint density at radius 2 is 2.13 bits per heavy atom. The van der Waals surface area contributed by atoms with E-state index >= 15 is 0 Å². The average molecular weight is 311 g/mol. The van der Waals surface area contributed by atoms with E-state index in [0.29, 0.717) is 18.2 Å². The summed E-state index contributed by atoms with van der Waals surface area (Å²) < 4.78 is 7.71. The number of likely N-dealkylation sites (tertiary alicyclic amines) is 1. The minimum Gasteiger partial charge on any atom is -0.492 e. The minimum atomic E-state index is 0.495. The van der Waals surface area contributed by atoms with Crippen molar-refractivity contribution < 1.29 is 4.74 Å². The summed E-state index contributed by atoms with van der Waals surface area (Å²) in [5.74, 6) is 0.814. The predicted octanol–water partition coefficient (Wildman–Crippen LogP) is 2.08. The number of aromatic nitrogens is 3. The van der Waals surface area contributed by atoms with Gasteiger partial charge in [-0.15, -0.1) is 0 Å². The number of nitrogens with zero attached hydrogens (tertiary/aromatic N) is 5. The first kappa shape index (κ1) is 15.5. The summed E-state index contributed by atoms with van der Waals surface area (Å²) in [5.41, 5.74) is 0.654. The molecule has 1 fully saturated rings. The van der Waals surface area contributed by atoms with Crippen molar-refractivity contribution in [2.45, 2.75) is 31.8 Å². The van der Waals surface area contributed by atoms with Crippen LogP contribution in [0.5, 0.6) is 5.75 Å². The van der Waals surface area contributed by atoms with Gasteiger partial charge in [-0.25, -0.2) is 4.98 Å². The second-order valence-electron chi connectivity index (χ2n) is 5.79. The molecule has 0 radical (unpaired) electrons. The van der Waals surface area contributed by atoms with Crippen LogP contribution >= 0.6 is 0 Å². The van der Waals surface area contributed by atoms with Crippen LogP contribution in [0.2, 0.25) is 0 Å². The van der Waals surface area contributed by atoms with Crippen LogP contribution in [-0.2, 0) is 6.54 Å². The fraction of sp³-hybridized carbons (Fsp3) is 0.471. The average Bonchev–Trinajstić information content (AvgIpc) is 3.10. The molecule has 1 saturated heterocycles. The normalized spacial score (nSPS) is 18.5. The molecule has 0 spiro atoms. The summed E-state index contributed by atoms with van der Waals surface area (Å²) in [4.78, 5) is 6.50. The van der Waals surface area contributed by atoms with Gasteiger partial charge in [-0.2, -0.15) is 10.4 Å². The third kappa shape index (κ3) is 4.30. The van der Waals surface area contributed by atoms with Gasteiger partial charge in [0.25, 0.3) is 0 Å². The maximum Gasteiger partial charge on any atom is 0.137 e. The summed E-state index contributed by atoms with van der Waals surface area (Å²) in [6, 6.07) is 9.87. The number of nitriles is 1. The third-order valence-corrected chi connectivity index (χ3v) is 4.24. The zero-order chi connectivity index (χ0) is 15.9. The van der Waals surface area contributed by atoms with E-state index in [1.807, 2.05) is 16.8 Å². The van der Waals surface area contributed by atoms with Gasteiger partial charge in [0.1, 0.15) is 25.0 Å². The van der Waals surface area contributed by atoms with E-state index in [1.54, 1.807) is 24.8 Å². The molecule has 1 atom stereocenters. The van der Waals surface area contributed by atoms with Crippen molar-refractivity contribution in [3.05, 3.63) is 42.5 Å². The van der Waals surface area contributed by atoms with Gasteiger partial charge in [0.15, 0.2) is 0 Å². The Balaban J connectivity index is 1.49. The number of ether oxygens (including phenoxy) is 1. The molecule has 0 amide bonds. The van der Waals surface area contributed by atoms with Crippen LogP contribution in [0.4, 0.5) is 0 Å². The van der Waals surface area contributed by atoms with Gasteiger partial charge in [-0.1, -0.05) is 6.42 Å². The van der Waals surface area contributed by atoms with E-state index in [9.17, 15) is 0 Å². The first-order valence-electron chi connectivity index (χ1n) is 8.04. The van der Waals surface area contributed by atoms with Crippen molar-refractivity contribution in [1.29, 1.82) is 5.26 Å². The maximum absolute atomic E-state index is 8.80. The fourth-order valence-corrected chi connectivity index (χ4v) is 3.01. The molecule has 23 heavy (non-hydrogen) atoms. The van der Waals surface area contributed by atoms with Crippen LogP contribution in [0.1, 0.15) is 24.8 Å². The molecule has 0 aliphatic carbocycles. The third-order valence-electron chi connectivity index (χ3n) is 4.24. The van der Waals surface area contributed by atoms with Gasteiger partial charge in [0.05, 0.1) is 18.2 Å². The van der Waals surface area contributed by atoms with Crippen molar-refractivity contribution in [2.24, 2.45) is 0 Å². The van der Waals surface area contributed by atoms with Crippen LogP contribution in [0, 0.1) is 11.3 Å². The lowest BCUT2D eigenvalue weighted by Crippen LogP contribution is -2.44. The number of hydrogen-bond acceptors (Lipinski definition) is 5. The standard InChI is InChI=1S/C17H21N5O/c18-11-15-4-6-17(7-5-15)23-10-9-21-8-2-1-3-16(21)12-22-14-19-13-20-22/h4-7,13-14,16H,1-3,8-10,12H2/t16-/m0/s1. The Bertz CT molecular complexity index is 632. The first-order chi connectivity index (χ1) is 11.3. The molecule has 1 aromatic carbocycles. The zero-order valence-corrected chi connectivity index (χ0v) is 13.1. The van der Waals surface area contributed by atoms with Crippen LogP contribution in [0.15, 0.2) is 36.9 Å². The molecule has 0 saturated carbocycles. The molecular weight excluding hydrogens is 290 g/mol. The van der Waals surface area contributed by atoms with Crippen molar-refractivity contribution in [3.63, 3.8) is 0 Å². The van der Waals surface area contributed by atoms with Crippen LogP contribution in [0.3, 0.4) is 0 Å². The highest BCUT2D eigenvalue weighted by atomic mass is 16.5. The Kier molecular flexibility index (Phi) is 5.22. The number of piperidine rings is 1. The zero-order valence-electron chi connectivity index (χ0n) is 13.1. The van der Waals surface area contributed by atoms with Gasteiger partial charge in [0.2, 0.25) is 0 Å². The smallest absolute Gasteiger partial charge is 0.137 e. The van der Waals surface area contributed by atoms with Gasteiger partial charge in [-0.05, 0) is 43.7 Å². The quantitative estimate of drug-likeness (QED) is 0.817. The maximum atomic E-state index is 8.80. The van der Waals surface area contributed by atoms with Crippen molar-refractivity contribution in [3.8, 4) is 11.8 Å². The molecular formula is C17H21N5O. The molecule has 0 unspecified atom stereocenters. The lowest BCUT2D eigenvalue weighted by Gasteiger charge is -2.35. The van der Waals surface area contributed by atoms with E-state index in [-0.39, 0.29) is 0 Å². The molecule has 6 nitrogen and oxygen atoms in total. The summed E-state index contributed by atoms with van der Waals surface area (Å²) >= 11 is 0. The highest BCUT2D eigenvalue weighted by molar-refractivity contribution is 5.34. The van der Waals surface area contributed by atoms with Gasteiger partial charge in [-0.3, -0.25) is 9.58 Å². The summed E-state index contributed by atoms with van der Waals surface area (Å²) in [6.45, 7) is 3.55. The van der Waals surface area contributed by atoms with Crippen molar-refractivity contribution in [1.82, 2.24) is 19.7 Å². The molecule has 0 bridgehead atoms. The minimum absolute atomic E-state index is 0.495. The van der Waals surface area contributed by atoms with Gasteiger partial charge < -0.3 is 4.74 Å². The van der Waals surface area contributed by atoms with E-state index in [2.05, 4.69) is 21.1 Å².